The number of rotatable bonds is 3. The SMILES string of the molecule is N#Cc1ncn(CCc2ccccn2)c1C#N. The molecule has 0 aliphatic heterocycles. The van der Waals surface area contributed by atoms with E-state index in [0.29, 0.717) is 18.7 Å². The largest absolute Gasteiger partial charge is 0.321 e. The quantitative estimate of drug-likeness (QED) is 0.784. The molecule has 0 spiro atoms. The van der Waals surface area contributed by atoms with Crippen molar-refractivity contribution in [3.8, 4) is 12.1 Å². The van der Waals surface area contributed by atoms with Crippen LogP contribution in [0.25, 0.3) is 0 Å². The maximum absolute atomic E-state index is 8.94. The van der Waals surface area contributed by atoms with Gasteiger partial charge in [-0.25, -0.2) is 4.98 Å². The fourth-order valence-electron chi connectivity index (χ4n) is 1.53. The van der Waals surface area contributed by atoms with Gasteiger partial charge in [0, 0.05) is 24.9 Å². The molecule has 2 aromatic heterocycles. The monoisotopic (exact) mass is 223 g/mol. The molecule has 0 bridgehead atoms. The van der Waals surface area contributed by atoms with Crippen LogP contribution in [0.1, 0.15) is 17.1 Å². The normalized spacial score (nSPS) is 9.53. The zero-order valence-corrected chi connectivity index (χ0v) is 9.04. The Labute approximate surface area is 98.6 Å². The molecule has 0 saturated heterocycles. The van der Waals surface area contributed by atoms with E-state index in [9.17, 15) is 0 Å². The summed E-state index contributed by atoms with van der Waals surface area (Å²) in [6.45, 7) is 0.592. The van der Waals surface area contributed by atoms with Crippen molar-refractivity contribution in [2.24, 2.45) is 0 Å². The lowest BCUT2D eigenvalue weighted by molar-refractivity contribution is 0.677. The Balaban J connectivity index is 2.13. The summed E-state index contributed by atoms with van der Waals surface area (Å²) in [5.41, 5.74) is 1.43. The summed E-state index contributed by atoms with van der Waals surface area (Å²) < 4.78 is 1.67. The van der Waals surface area contributed by atoms with E-state index in [2.05, 4.69) is 9.97 Å². The fraction of sp³-hybridized carbons (Fsp3) is 0.167. The molecule has 0 N–H and O–H groups in total. The number of pyridine rings is 1. The summed E-state index contributed by atoms with van der Waals surface area (Å²) in [6.07, 6.45) is 3.95. The third-order valence-corrected chi connectivity index (χ3v) is 2.38. The smallest absolute Gasteiger partial charge is 0.176 e. The van der Waals surface area contributed by atoms with Crippen LogP contribution in [-0.2, 0) is 13.0 Å². The lowest BCUT2D eigenvalue weighted by Gasteiger charge is -2.02. The zero-order valence-electron chi connectivity index (χ0n) is 9.04. The molecule has 0 amide bonds. The first kappa shape index (κ1) is 10.8. The summed E-state index contributed by atoms with van der Waals surface area (Å²) in [7, 11) is 0. The van der Waals surface area contributed by atoms with Crippen molar-refractivity contribution in [1.82, 2.24) is 14.5 Å². The first-order valence-corrected chi connectivity index (χ1v) is 5.10. The van der Waals surface area contributed by atoms with Crippen molar-refractivity contribution in [3.63, 3.8) is 0 Å². The number of aryl methyl sites for hydroxylation is 2. The molecule has 2 aromatic rings. The molecule has 17 heavy (non-hydrogen) atoms. The van der Waals surface area contributed by atoms with E-state index in [0.717, 1.165) is 5.69 Å². The number of aromatic nitrogens is 3. The Morgan fingerprint density at radius 2 is 2.06 bits per heavy atom. The molecule has 5 nitrogen and oxygen atoms in total. The van der Waals surface area contributed by atoms with Gasteiger partial charge in [-0.15, -0.1) is 0 Å². The molecule has 0 saturated carbocycles. The number of imidazole rings is 1. The summed E-state index contributed by atoms with van der Waals surface area (Å²) in [4.78, 5) is 8.07. The molecule has 0 aliphatic rings. The van der Waals surface area contributed by atoms with Gasteiger partial charge < -0.3 is 4.57 Å². The molecule has 0 aliphatic carbocycles. The lowest BCUT2D eigenvalue weighted by Crippen LogP contribution is -2.04. The second-order valence-corrected chi connectivity index (χ2v) is 3.43. The Kier molecular flexibility index (Phi) is 3.13. The van der Waals surface area contributed by atoms with Crippen LogP contribution in [0.5, 0.6) is 0 Å². The van der Waals surface area contributed by atoms with E-state index in [-0.39, 0.29) is 5.69 Å². The lowest BCUT2D eigenvalue weighted by atomic mass is 10.2. The highest BCUT2D eigenvalue weighted by Gasteiger charge is 2.09. The highest BCUT2D eigenvalue weighted by Crippen LogP contribution is 2.06. The van der Waals surface area contributed by atoms with Crippen molar-refractivity contribution in [1.29, 1.82) is 10.5 Å². The maximum atomic E-state index is 8.94. The topological polar surface area (TPSA) is 78.3 Å². The van der Waals surface area contributed by atoms with Crippen LogP contribution in [0.3, 0.4) is 0 Å². The van der Waals surface area contributed by atoms with Gasteiger partial charge in [0.2, 0.25) is 0 Å². The minimum atomic E-state index is 0.175. The molecule has 0 aromatic carbocycles. The predicted octanol–water partition coefficient (Wildman–Crippen LogP) is 1.26. The average molecular weight is 223 g/mol. The van der Waals surface area contributed by atoms with Gasteiger partial charge in [0.1, 0.15) is 12.1 Å². The van der Waals surface area contributed by atoms with Crippen molar-refractivity contribution < 1.29 is 0 Å². The molecule has 5 heteroatoms. The second kappa shape index (κ2) is 4.91. The Bertz CT molecular complexity index is 586. The summed E-state index contributed by atoms with van der Waals surface area (Å²) in [5, 5.41) is 17.7. The van der Waals surface area contributed by atoms with E-state index >= 15 is 0 Å². The van der Waals surface area contributed by atoms with Crippen LogP contribution in [-0.4, -0.2) is 14.5 Å². The maximum Gasteiger partial charge on any atom is 0.176 e. The van der Waals surface area contributed by atoms with Gasteiger partial charge in [-0.2, -0.15) is 10.5 Å². The Morgan fingerprint density at radius 1 is 1.18 bits per heavy atom. The Morgan fingerprint density at radius 3 is 2.71 bits per heavy atom. The van der Waals surface area contributed by atoms with Crippen molar-refractivity contribution in [2.75, 3.05) is 0 Å². The van der Waals surface area contributed by atoms with Crippen molar-refractivity contribution in [2.45, 2.75) is 13.0 Å². The van der Waals surface area contributed by atoms with Crippen LogP contribution in [0.2, 0.25) is 0 Å². The van der Waals surface area contributed by atoms with Crippen LogP contribution in [0, 0.1) is 22.7 Å². The van der Waals surface area contributed by atoms with E-state index in [4.69, 9.17) is 10.5 Å². The summed E-state index contributed by atoms with van der Waals surface area (Å²) >= 11 is 0. The number of nitrogens with zero attached hydrogens (tertiary/aromatic N) is 5. The van der Waals surface area contributed by atoms with Crippen LogP contribution in [0.4, 0.5) is 0 Å². The van der Waals surface area contributed by atoms with Crippen LogP contribution < -0.4 is 0 Å². The minimum Gasteiger partial charge on any atom is -0.321 e. The number of hydrogen-bond donors (Lipinski definition) is 0. The molecular weight excluding hydrogens is 214 g/mol. The Hall–Kier alpha value is -2.66. The van der Waals surface area contributed by atoms with E-state index < -0.39 is 0 Å². The first-order chi connectivity index (χ1) is 8.35. The van der Waals surface area contributed by atoms with Gasteiger partial charge >= 0.3 is 0 Å². The summed E-state index contributed by atoms with van der Waals surface area (Å²) in [5.74, 6) is 0. The van der Waals surface area contributed by atoms with E-state index in [1.54, 1.807) is 10.8 Å². The number of nitriles is 2. The standard InChI is InChI=1S/C12H9N5/c13-7-11-12(8-14)17(9-16-11)6-4-10-3-1-2-5-15-10/h1-3,5,9H,4,6H2. The molecule has 2 heterocycles. The molecule has 0 fully saturated rings. The molecule has 2 rings (SSSR count). The van der Waals surface area contributed by atoms with Gasteiger partial charge in [-0.05, 0) is 12.1 Å². The third kappa shape index (κ3) is 2.30. The minimum absolute atomic E-state index is 0.175. The number of hydrogen-bond acceptors (Lipinski definition) is 4. The van der Waals surface area contributed by atoms with Gasteiger partial charge in [-0.3, -0.25) is 4.98 Å². The van der Waals surface area contributed by atoms with Gasteiger partial charge in [0.25, 0.3) is 0 Å². The van der Waals surface area contributed by atoms with Gasteiger partial charge in [0.15, 0.2) is 11.4 Å². The third-order valence-electron chi connectivity index (χ3n) is 2.38. The molecule has 82 valence electrons. The highest BCUT2D eigenvalue weighted by molar-refractivity contribution is 5.36. The molecule has 0 radical (unpaired) electrons. The highest BCUT2D eigenvalue weighted by atomic mass is 15.1. The zero-order chi connectivity index (χ0) is 12.1. The molecule has 0 unspecified atom stereocenters. The van der Waals surface area contributed by atoms with Gasteiger partial charge in [0.05, 0.1) is 6.33 Å². The average Bonchev–Trinajstić information content (AvgIpc) is 2.79. The predicted molar refractivity (Wildman–Crippen MR) is 59.6 cm³/mol. The fourth-order valence-corrected chi connectivity index (χ4v) is 1.53. The molecule has 0 atom stereocenters. The van der Waals surface area contributed by atoms with E-state index in [1.807, 2.05) is 30.3 Å². The first-order valence-electron chi connectivity index (χ1n) is 5.10. The van der Waals surface area contributed by atoms with E-state index in [1.165, 1.54) is 6.33 Å². The molecular formula is C12H9N5. The van der Waals surface area contributed by atoms with Crippen molar-refractivity contribution in [3.05, 3.63) is 47.8 Å². The van der Waals surface area contributed by atoms with Crippen molar-refractivity contribution >= 4 is 0 Å². The van der Waals surface area contributed by atoms with Crippen LogP contribution in [0.15, 0.2) is 30.7 Å². The second-order valence-electron chi connectivity index (χ2n) is 3.43. The van der Waals surface area contributed by atoms with Gasteiger partial charge in [-0.1, -0.05) is 6.07 Å². The van der Waals surface area contributed by atoms with Crippen LogP contribution >= 0.6 is 0 Å². The summed E-state index contributed by atoms with van der Waals surface area (Å²) in [6, 6.07) is 9.58.